The molecule has 0 aromatic heterocycles. The van der Waals surface area contributed by atoms with E-state index in [4.69, 9.17) is 28.4 Å². The van der Waals surface area contributed by atoms with Crippen LogP contribution in [-0.2, 0) is 34.0 Å². The van der Waals surface area contributed by atoms with Crippen molar-refractivity contribution in [2.24, 2.45) is 0 Å². The lowest BCUT2D eigenvalue weighted by Crippen LogP contribution is -2.49. The summed E-state index contributed by atoms with van der Waals surface area (Å²) in [6, 6.07) is 19.9. The van der Waals surface area contributed by atoms with Crippen molar-refractivity contribution < 1.29 is 33.5 Å². The highest BCUT2D eigenvalue weighted by molar-refractivity contribution is 5.36. The summed E-state index contributed by atoms with van der Waals surface area (Å²) in [5.41, 5.74) is 0.522. The summed E-state index contributed by atoms with van der Waals surface area (Å²) in [5.74, 6) is 0. The van der Waals surface area contributed by atoms with Gasteiger partial charge in [-0.2, -0.15) is 0 Å². The summed E-state index contributed by atoms with van der Waals surface area (Å²) in [4.78, 5) is 2.32. The smallest absolute Gasteiger partial charge is 0.146 e. The molecule has 0 bridgehead atoms. The van der Waals surface area contributed by atoms with Crippen LogP contribution < -0.4 is 0 Å². The molecule has 1 aliphatic rings. The Labute approximate surface area is 215 Å². The summed E-state index contributed by atoms with van der Waals surface area (Å²) >= 11 is 0. The van der Waals surface area contributed by atoms with E-state index < -0.39 is 5.60 Å². The topological polar surface area (TPSA) is 78.9 Å². The number of nitrogens with zero attached hydrogens (tertiary/aromatic N) is 1. The molecule has 1 heterocycles. The maximum Gasteiger partial charge on any atom is 0.146 e. The highest BCUT2D eigenvalue weighted by atomic mass is 16.7. The van der Waals surface area contributed by atoms with E-state index >= 15 is 0 Å². The van der Waals surface area contributed by atoms with Gasteiger partial charge >= 0.3 is 0 Å². The Morgan fingerprint density at radius 3 is 1.56 bits per heavy atom. The average molecular weight is 504 g/mol. The Morgan fingerprint density at radius 1 is 0.694 bits per heavy atom. The third-order valence-electron chi connectivity index (χ3n) is 6.50. The zero-order valence-corrected chi connectivity index (χ0v) is 21.6. The molecule has 2 aromatic rings. The first-order valence-electron chi connectivity index (χ1n) is 12.6. The summed E-state index contributed by atoms with van der Waals surface area (Å²) in [5, 5.41) is 12.2. The monoisotopic (exact) mass is 503 g/mol. The third kappa shape index (κ3) is 8.61. The second-order valence-electron chi connectivity index (χ2n) is 8.93. The maximum absolute atomic E-state index is 12.2. The van der Waals surface area contributed by atoms with E-state index in [1.165, 1.54) is 0 Å². The van der Waals surface area contributed by atoms with Gasteiger partial charge in [0.2, 0.25) is 0 Å². The molecule has 1 N–H and O–H groups in total. The van der Waals surface area contributed by atoms with Crippen LogP contribution in [0.2, 0.25) is 0 Å². The van der Waals surface area contributed by atoms with Crippen molar-refractivity contribution in [1.82, 2.24) is 4.90 Å². The van der Waals surface area contributed by atoms with E-state index in [-0.39, 0.29) is 25.7 Å². The van der Waals surface area contributed by atoms with Crippen LogP contribution in [0.15, 0.2) is 60.7 Å². The van der Waals surface area contributed by atoms with Crippen LogP contribution in [0, 0.1) is 0 Å². The molecule has 0 spiro atoms. The molecule has 2 atom stereocenters. The van der Waals surface area contributed by atoms with Crippen LogP contribution in [0.25, 0.3) is 0 Å². The molecular weight excluding hydrogens is 462 g/mol. The van der Waals surface area contributed by atoms with Crippen LogP contribution >= 0.6 is 0 Å². The average Bonchev–Trinajstić information content (AvgIpc) is 3.29. The highest BCUT2D eigenvalue weighted by Crippen LogP contribution is 2.35. The van der Waals surface area contributed by atoms with Gasteiger partial charge in [0.1, 0.15) is 19.2 Å². The number of benzene rings is 2. The molecule has 8 nitrogen and oxygen atoms in total. The van der Waals surface area contributed by atoms with Gasteiger partial charge in [-0.15, -0.1) is 0 Å². The zero-order chi connectivity index (χ0) is 25.5. The van der Waals surface area contributed by atoms with E-state index in [1.54, 1.807) is 14.2 Å². The molecule has 0 unspecified atom stereocenters. The summed E-state index contributed by atoms with van der Waals surface area (Å²) in [6.45, 7) is 3.91. The van der Waals surface area contributed by atoms with Crippen molar-refractivity contribution in [3.63, 3.8) is 0 Å². The number of rotatable bonds is 18. The van der Waals surface area contributed by atoms with Gasteiger partial charge in [0.15, 0.2) is 0 Å². The standard InChI is InChI=1S/C28H41NO7/c1-31-15-17-33-22-35-19-26-13-14-27(20-36-23-34-18-16-32-2)29(26)21-28(30,24-9-5-3-6-10-24)25-11-7-4-8-12-25/h3-12,26-27,30H,13-23H2,1-2H3/t26-,27-/m1/s1. The van der Waals surface area contributed by atoms with Gasteiger partial charge in [-0.05, 0) is 24.0 Å². The second-order valence-corrected chi connectivity index (χ2v) is 8.93. The van der Waals surface area contributed by atoms with Gasteiger partial charge in [0.25, 0.3) is 0 Å². The molecule has 1 aliphatic heterocycles. The molecule has 8 heteroatoms. The number of likely N-dealkylation sites (tertiary alicyclic amines) is 1. The minimum atomic E-state index is -1.19. The fraction of sp³-hybridized carbons (Fsp3) is 0.571. The lowest BCUT2D eigenvalue weighted by Gasteiger charge is -2.39. The van der Waals surface area contributed by atoms with Gasteiger partial charge in [-0.25, -0.2) is 0 Å². The molecule has 0 radical (unpaired) electrons. The van der Waals surface area contributed by atoms with Crippen LogP contribution in [0.3, 0.4) is 0 Å². The summed E-state index contributed by atoms with van der Waals surface area (Å²) in [7, 11) is 3.29. The van der Waals surface area contributed by atoms with Gasteiger partial charge in [0, 0.05) is 32.8 Å². The predicted molar refractivity (Wildman–Crippen MR) is 137 cm³/mol. The minimum Gasteiger partial charge on any atom is -0.382 e. The number of ether oxygens (including phenoxy) is 6. The van der Waals surface area contributed by atoms with Crippen molar-refractivity contribution in [2.75, 3.05) is 74.0 Å². The number of hydrogen-bond donors (Lipinski definition) is 1. The fourth-order valence-electron chi connectivity index (χ4n) is 4.56. The van der Waals surface area contributed by atoms with Gasteiger partial charge in [-0.3, -0.25) is 4.90 Å². The lowest BCUT2D eigenvalue weighted by atomic mass is 9.85. The summed E-state index contributed by atoms with van der Waals surface area (Å²) < 4.78 is 32.7. The van der Waals surface area contributed by atoms with Crippen LogP contribution in [0.5, 0.6) is 0 Å². The molecule has 200 valence electrons. The van der Waals surface area contributed by atoms with Crippen molar-refractivity contribution in [3.8, 4) is 0 Å². The molecule has 3 rings (SSSR count). The van der Waals surface area contributed by atoms with Gasteiger partial charge in [0.05, 0.1) is 39.6 Å². The Kier molecular flexibility index (Phi) is 12.8. The molecule has 0 amide bonds. The third-order valence-corrected chi connectivity index (χ3v) is 6.50. The molecule has 1 saturated heterocycles. The zero-order valence-electron chi connectivity index (χ0n) is 21.6. The largest absolute Gasteiger partial charge is 0.382 e. The SMILES string of the molecule is COCCOCOC[C@H]1CC[C@H](COCOCCOC)N1CC(O)(c1ccccc1)c1ccccc1. The number of aliphatic hydroxyl groups is 1. The first-order valence-corrected chi connectivity index (χ1v) is 12.6. The van der Waals surface area contributed by atoms with E-state index in [0.717, 1.165) is 24.0 Å². The Hall–Kier alpha value is -1.88. The minimum absolute atomic E-state index is 0.123. The summed E-state index contributed by atoms with van der Waals surface area (Å²) in [6.07, 6.45) is 1.88. The van der Waals surface area contributed by atoms with E-state index in [2.05, 4.69) is 4.90 Å². The number of hydrogen-bond acceptors (Lipinski definition) is 8. The van der Waals surface area contributed by atoms with Crippen LogP contribution in [0.4, 0.5) is 0 Å². The molecule has 0 saturated carbocycles. The quantitative estimate of drug-likeness (QED) is 0.246. The van der Waals surface area contributed by atoms with E-state index in [1.807, 2.05) is 60.7 Å². The van der Waals surface area contributed by atoms with Gasteiger partial charge in [-0.1, -0.05) is 60.7 Å². The second kappa shape index (κ2) is 16.1. The number of methoxy groups -OCH3 is 2. The number of β-amino-alcohol motifs (C(OH)–C–C–N with tert-alkyl or cyclic N) is 1. The van der Waals surface area contributed by atoms with Crippen molar-refractivity contribution in [1.29, 1.82) is 0 Å². The van der Waals surface area contributed by atoms with E-state index in [9.17, 15) is 5.11 Å². The maximum atomic E-state index is 12.2. The van der Waals surface area contributed by atoms with Crippen LogP contribution in [-0.4, -0.2) is 96.1 Å². The fourth-order valence-corrected chi connectivity index (χ4v) is 4.56. The molecule has 2 aromatic carbocycles. The molecular formula is C28H41NO7. The van der Waals surface area contributed by atoms with Crippen molar-refractivity contribution >= 4 is 0 Å². The first-order chi connectivity index (χ1) is 17.7. The molecule has 0 aliphatic carbocycles. The Balaban J connectivity index is 1.72. The highest BCUT2D eigenvalue weighted by Gasteiger charge is 2.41. The Morgan fingerprint density at radius 2 is 1.14 bits per heavy atom. The predicted octanol–water partition coefficient (Wildman–Crippen LogP) is 3.03. The van der Waals surface area contributed by atoms with Crippen molar-refractivity contribution in [2.45, 2.75) is 30.5 Å². The van der Waals surface area contributed by atoms with Crippen LogP contribution in [0.1, 0.15) is 24.0 Å². The first kappa shape index (κ1) is 28.7. The molecule has 1 fully saturated rings. The van der Waals surface area contributed by atoms with Gasteiger partial charge < -0.3 is 33.5 Å². The van der Waals surface area contributed by atoms with E-state index in [0.29, 0.717) is 46.2 Å². The molecule has 36 heavy (non-hydrogen) atoms. The normalized spacial score (nSPS) is 18.6. The Bertz CT molecular complexity index is 760. The lowest BCUT2D eigenvalue weighted by molar-refractivity contribution is -0.0967. The van der Waals surface area contributed by atoms with Crippen molar-refractivity contribution in [3.05, 3.63) is 71.8 Å².